The maximum Gasteiger partial charge on any atom is 0.107 e. The summed E-state index contributed by atoms with van der Waals surface area (Å²) in [5, 5.41) is 11.4. The van der Waals surface area contributed by atoms with Crippen LogP contribution >= 0.6 is 11.3 Å². The number of thiazole rings is 1. The lowest BCUT2D eigenvalue weighted by Crippen LogP contribution is -2.23. The summed E-state index contributed by atoms with van der Waals surface area (Å²) >= 11 is 1.69. The topological polar surface area (TPSA) is 36.4 Å². The van der Waals surface area contributed by atoms with Crippen LogP contribution in [-0.4, -0.2) is 28.1 Å². The molecule has 1 fully saturated rings. The first kappa shape index (κ1) is 14.9. The average Bonchev–Trinajstić information content (AvgIpc) is 2.59. The third kappa shape index (κ3) is 4.01. The van der Waals surface area contributed by atoms with Gasteiger partial charge in [-0.2, -0.15) is 0 Å². The van der Waals surface area contributed by atoms with E-state index in [1.807, 2.05) is 13.8 Å². The molecule has 19 heavy (non-hydrogen) atoms. The molecular formula is C15H26N2OS. The summed E-state index contributed by atoms with van der Waals surface area (Å²) in [4.78, 5) is 8.29. The van der Waals surface area contributed by atoms with Crippen LogP contribution in [0.5, 0.6) is 0 Å². The fourth-order valence-electron chi connectivity index (χ4n) is 2.67. The third-order valence-electron chi connectivity index (χ3n) is 3.69. The molecular weight excluding hydrogens is 256 g/mol. The van der Waals surface area contributed by atoms with Gasteiger partial charge in [-0.1, -0.05) is 19.8 Å². The van der Waals surface area contributed by atoms with Crippen molar-refractivity contribution in [1.82, 2.24) is 9.88 Å². The van der Waals surface area contributed by atoms with E-state index in [0.29, 0.717) is 0 Å². The zero-order valence-corrected chi connectivity index (χ0v) is 13.2. The highest BCUT2D eigenvalue weighted by molar-refractivity contribution is 7.11. The number of rotatable bonds is 4. The van der Waals surface area contributed by atoms with Crippen LogP contribution in [0.2, 0.25) is 0 Å². The summed E-state index contributed by atoms with van der Waals surface area (Å²) in [6, 6.07) is 0. The van der Waals surface area contributed by atoms with Crippen LogP contribution in [0.15, 0.2) is 0 Å². The Hall–Kier alpha value is -0.450. The Morgan fingerprint density at radius 2 is 1.84 bits per heavy atom. The molecule has 0 aromatic carbocycles. The van der Waals surface area contributed by atoms with Gasteiger partial charge in [-0.15, -0.1) is 11.3 Å². The number of nitrogens with zero attached hydrogens (tertiary/aromatic N) is 2. The van der Waals surface area contributed by atoms with Gasteiger partial charge >= 0.3 is 0 Å². The van der Waals surface area contributed by atoms with Crippen LogP contribution in [0.25, 0.3) is 0 Å². The number of hydrogen-bond donors (Lipinski definition) is 1. The second-order valence-electron chi connectivity index (χ2n) is 5.99. The van der Waals surface area contributed by atoms with Crippen molar-refractivity contribution in [2.45, 2.75) is 65.0 Å². The van der Waals surface area contributed by atoms with E-state index in [9.17, 15) is 5.11 Å². The molecule has 4 heteroatoms. The second-order valence-corrected chi connectivity index (χ2v) is 7.07. The van der Waals surface area contributed by atoms with Gasteiger partial charge in [0.1, 0.15) is 5.01 Å². The Morgan fingerprint density at radius 1 is 1.21 bits per heavy atom. The summed E-state index contributed by atoms with van der Waals surface area (Å²) in [7, 11) is 0. The van der Waals surface area contributed by atoms with Crippen molar-refractivity contribution in [3.63, 3.8) is 0 Å². The van der Waals surface area contributed by atoms with Gasteiger partial charge in [0.2, 0.25) is 0 Å². The summed E-state index contributed by atoms with van der Waals surface area (Å²) in [6.07, 6.45) is 6.25. The van der Waals surface area contributed by atoms with E-state index in [1.54, 1.807) is 11.3 Å². The molecule has 1 saturated heterocycles. The van der Waals surface area contributed by atoms with E-state index < -0.39 is 5.60 Å². The molecule has 0 amide bonds. The Morgan fingerprint density at radius 3 is 2.32 bits per heavy atom. The molecule has 0 radical (unpaired) electrons. The maximum absolute atomic E-state index is 10.2. The first-order chi connectivity index (χ1) is 9.00. The van der Waals surface area contributed by atoms with Gasteiger partial charge < -0.3 is 5.11 Å². The standard InChI is InChI=1S/C15H26N2OS/c1-4-12-14(15(2,3)18)19-13(16-12)11-17-9-7-5-6-8-10-17/h18H,4-11H2,1-3H3. The highest BCUT2D eigenvalue weighted by Gasteiger charge is 2.24. The fourth-order valence-corrected chi connectivity index (χ4v) is 3.87. The van der Waals surface area contributed by atoms with Crippen LogP contribution < -0.4 is 0 Å². The minimum atomic E-state index is -0.764. The lowest BCUT2D eigenvalue weighted by atomic mass is 10.1. The van der Waals surface area contributed by atoms with E-state index >= 15 is 0 Å². The minimum Gasteiger partial charge on any atom is -0.385 e. The van der Waals surface area contributed by atoms with Gasteiger partial charge in [-0.3, -0.25) is 4.90 Å². The number of aliphatic hydroxyl groups is 1. The summed E-state index contributed by atoms with van der Waals surface area (Å²) in [6.45, 7) is 9.16. The van der Waals surface area contributed by atoms with Gasteiger partial charge in [-0.05, 0) is 46.2 Å². The molecule has 1 aliphatic rings. The highest BCUT2D eigenvalue weighted by Crippen LogP contribution is 2.31. The molecule has 0 bridgehead atoms. The molecule has 0 atom stereocenters. The number of likely N-dealkylation sites (tertiary alicyclic amines) is 1. The van der Waals surface area contributed by atoms with Crippen molar-refractivity contribution in [3.8, 4) is 0 Å². The van der Waals surface area contributed by atoms with Gasteiger partial charge in [-0.25, -0.2) is 4.98 Å². The largest absolute Gasteiger partial charge is 0.385 e. The molecule has 0 aliphatic carbocycles. The zero-order chi connectivity index (χ0) is 13.9. The Balaban J connectivity index is 2.10. The minimum absolute atomic E-state index is 0.764. The number of hydrogen-bond acceptors (Lipinski definition) is 4. The smallest absolute Gasteiger partial charge is 0.107 e. The Labute approximate surface area is 120 Å². The molecule has 1 aliphatic heterocycles. The predicted octanol–water partition coefficient (Wildman–Crippen LogP) is 3.31. The van der Waals surface area contributed by atoms with Gasteiger partial charge in [0.05, 0.1) is 22.7 Å². The molecule has 1 aromatic rings. The zero-order valence-electron chi connectivity index (χ0n) is 12.4. The molecule has 2 rings (SSSR count). The van der Waals surface area contributed by atoms with Gasteiger partial charge in [0.25, 0.3) is 0 Å². The van der Waals surface area contributed by atoms with Gasteiger partial charge in [0, 0.05) is 0 Å². The van der Waals surface area contributed by atoms with E-state index in [1.165, 1.54) is 38.8 Å². The fraction of sp³-hybridized carbons (Fsp3) is 0.800. The van der Waals surface area contributed by atoms with Crippen LogP contribution in [0.4, 0.5) is 0 Å². The lowest BCUT2D eigenvalue weighted by Gasteiger charge is -2.18. The first-order valence-electron chi connectivity index (χ1n) is 7.44. The van der Waals surface area contributed by atoms with Crippen molar-refractivity contribution in [2.24, 2.45) is 0 Å². The maximum atomic E-state index is 10.2. The molecule has 0 unspecified atom stereocenters. The summed E-state index contributed by atoms with van der Waals surface area (Å²) < 4.78 is 0. The van der Waals surface area contributed by atoms with E-state index in [4.69, 9.17) is 4.98 Å². The Bertz CT molecular complexity index is 401. The molecule has 1 aromatic heterocycles. The Kier molecular flexibility index (Phi) is 4.98. The van der Waals surface area contributed by atoms with Crippen LogP contribution in [0.3, 0.4) is 0 Å². The molecule has 3 nitrogen and oxygen atoms in total. The van der Waals surface area contributed by atoms with Crippen LogP contribution in [0, 0.1) is 0 Å². The first-order valence-corrected chi connectivity index (χ1v) is 8.26. The number of aryl methyl sites for hydroxylation is 1. The average molecular weight is 282 g/mol. The monoisotopic (exact) mass is 282 g/mol. The molecule has 2 heterocycles. The van der Waals surface area contributed by atoms with Crippen molar-refractivity contribution in [2.75, 3.05) is 13.1 Å². The van der Waals surface area contributed by atoms with Crippen LogP contribution in [0.1, 0.15) is 62.0 Å². The number of aromatic nitrogens is 1. The molecule has 1 N–H and O–H groups in total. The predicted molar refractivity (Wildman–Crippen MR) is 80.5 cm³/mol. The van der Waals surface area contributed by atoms with Crippen LogP contribution in [-0.2, 0) is 18.6 Å². The second kappa shape index (κ2) is 6.33. The third-order valence-corrected chi connectivity index (χ3v) is 5.09. The van der Waals surface area contributed by atoms with Crippen molar-refractivity contribution < 1.29 is 5.11 Å². The van der Waals surface area contributed by atoms with Crippen molar-refractivity contribution in [1.29, 1.82) is 0 Å². The van der Waals surface area contributed by atoms with E-state index in [-0.39, 0.29) is 0 Å². The van der Waals surface area contributed by atoms with Gasteiger partial charge in [0.15, 0.2) is 0 Å². The van der Waals surface area contributed by atoms with Crippen molar-refractivity contribution >= 4 is 11.3 Å². The molecule has 0 saturated carbocycles. The quantitative estimate of drug-likeness (QED) is 0.920. The summed E-state index contributed by atoms with van der Waals surface area (Å²) in [5.74, 6) is 0. The SMILES string of the molecule is CCc1nc(CN2CCCCCC2)sc1C(C)(C)O. The molecule has 0 spiro atoms. The summed E-state index contributed by atoms with van der Waals surface area (Å²) in [5.41, 5.74) is 0.308. The van der Waals surface area contributed by atoms with E-state index in [2.05, 4.69) is 11.8 Å². The highest BCUT2D eigenvalue weighted by atomic mass is 32.1. The normalized spacial score (nSPS) is 18.5. The molecule has 108 valence electrons. The van der Waals surface area contributed by atoms with E-state index in [0.717, 1.165) is 28.5 Å². The lowest BCUT2D eigenvalue weighted by molar-refractivity contribution is 0.0814. The van der Waals surface area contributed by atoms with Crippen molar-refractivity contribution in [3.05, 3.63) is 15.6 Å².